The van der Waals surface area contributed by atoms with Crippen molar-refractivity contribution in [3.63, 3.8) is 0 Å². The third-order valence-corrected chi connectivity index (χ3v) is 5.38. The molecule has 4 nitrogen and oxygen atoms in total. The van der Waals surface area contributed by atoms with Gasteiger partial charge in [-0.15, -0.1) is 6.58 Å². The van der Waals surface area contributed by atoms with Gasteiger partial charge in [-0.05, 0) is 18.8 Å². The van der Waals surface area contributed by atoms with Crippen LogP contribution in [-0.2, 0) is 9.59 Å². The molecule has 1 heterocycles. The Balaban J connectivity index is 2.14. The number of nitrogens with zero attached hydrogens (tertiary/aromatic N) is 1. The number of amides is 2. The minimum Gasteiger partial charge on any atom is -0.340 e. The minimum absolute atomic E-state index is 0.0280. The molecule has 1 N–H and O–H groups in total. The first kappa shape index (κ1) is 16.4. The van der Waals surface area contributed by atoms with Crippen molar-refractivity contribution in [2.75, 3.05) is 18.1 Å². The summed E-state index contributed by atoms with van der Waals surface area (Å²) in [4.78, 5) is 27.3. The lowest BCUT2D eigenvalue weighted by Gasteiger charge is -2.45. The number of piperazine rings is 1. The van der Waals surface area contributed by atoms with Gasteiger partial charge in [-0.1, -0.05) is 32.8 Å². The number of nitrogens with one attached hydrogen (secondary N) is 1. The molecular formula is C16H26N2O2S. The number of rotatable bonds is 6. The lowest BCUT2D eigenvalue weighted by Crippen LogP contribution is -2.70. The van der Waals surface area contributed by atoms with E-state index in [0.29, 0.717) is 6.54 Å². The van der Waals surface area contributed by atoms with Crippen LogP contribution in [0.1, 0.15) is 39.5 Å². The van der Waals surface area contributed by atoms with Gasteiger partial charge in [-0.3, -0.25) is 9.59 Å². The highest BCUT2D eigenvalue weighted by Gasteiger charge is 2.52. The molecule has 2 fully saturated rings. The van der Waals surface area contributed by atoms with Crippen LogP contribution in [0.3, 0.4) is 0 Å². The Morgan fingerprint density at radius 1 is 1.43 bits per heavy atom. The summed E-state index contributed by atoms with van der Waals surface area (Å²) in [5.74, 6) is 2.03. The van der Waals surface area contributed by atoms with Gasteiger partial charge in [0, 0.05) is 18.1 Å². The van der Waals surface area contributed by atoms with E-state index in [1.165, 1.54) is 0 Å². The van der Waals surface area contributed by atoms with Gasteiger partial charge in [0.05, 0.1) is 0 Å². The van der Waals surface area contributed by atoms with E-state index in [2.05, 4.69) is 11.9 Å². The average molecular weight is 310 g/mol. The molecule has 2 amide bonds. The van der Waals surface area contributed by atoms with Crippen LogP contribution in [0.5, 0.6) is 0 Å². The van der Waals surface area contributed by atoms with Gasteiger partial charge in [0.25, 0.3) is 0 Å². The largest absolute Gasteiger partial charge is 0.340 e. The standard InChI is InChI=1S/C16H26N2O2S/c1-4-10-21-11-9-18-13(12(2)3)14(19)17-16(15(18)20)7-5-6-8-16/h4,12-13H,1,5-11H2,2-3H3,(H,17,19). The Morgan fingerprint density at radius 3 is 2.67 bits per heavy atom. The maximum Gasteiger partial charge on any atom is 0.249 e. The highest BCUT2D eigenvalue weighted by molar-refractivity contribution is 7.99. The fourth-order valence-electron chi connectivity index (χ4n) is 3.46. The summed E-state index contributed by atoms with van der Waals surface area (Å²) < 4.78 is 0. The van der Waals surface area contributed by atoms with Crippen LogP contribution in [0.2, 0.25) is 0 Å². The molecule has 0 radical (unpaired) electrons. The molecule has 2 aliphatic rings. The van der Waals surface area contributed by atoms with E-state index in [0.717, 1.165) is 37.2 Å². The van der Waals surface area contributed by atoms with Crippen LogP contribution in [0.4, 0.5) is 0 Å². The number of carbonyl (C=O) groups is 2. The third kappa shape index (κ3) is 3.28. The molecule has 0 bridgehead atoms. The second-order valence-corrected chi connectivity index (χ2v) is 7.48. The molecule has 21 heavy (non-hydrogen) atoms. The fourth-order valence-corrected chi connectivity index (χ4v) is 4.12. The third-order valence-electron chi connectivity index (χ3n) is 4.44. The molecular weight excluding hydrogens is 284 g/mol. The predicted molar refractivity (Wildman–Crippen MR) is 87.2 cm³/mol. The van der Waals surface area contributed by atoms with Crippen molar-refractivity contribution in [3.8, 4) is 0 Å². The maximum atomic E-state index is 13.0. The van der Waals surface area contributed by atoms with Gasteiger partial charge >= 0.3 is 0 Å². The summed E-state index contributed by atoms with van der Waals surface area (Å²) in [7, 11) is 0. The quantitative estimate of drug-likeness (QED) is 0.604. The van der Waals surface area contributed by atoms with E-state index in [1.807, 2.05) is 24.8 Å². The van der Waals surface area contributed by atoms with Crippen molar-refractivity contribution in [3.05, 3.63) is 12.7 Å². The molecule has 0 aromatic rings. The van der Waals surface area contributed by atoms with Crippen molar-refractivity contribution in [1.29, 1.82) is 0 Å². The summed E-state index contributed by atoms with van der Waals surface area (Å²) in [5.41, 5.74) is -0.606. The summed E-state index contributed by atoms with van der Waals surface area (Å²) in [5, 5.41) is 3.05. The van der Waals surface area contributed by atoms with E-state index in [4.69, 9.17) is 0 Å². The smallest absolute Gasteiger partial charge is 0.249 e. The molecule has 1 saturated heterocycles. The zero-order chi connectivity index (χ0) is 15.5. The molecule has 1 spiro atoms. The average Bonchev–Trinajstić information content (AvgIpc) is 2.89. The Labute approximate surface area is 131 Å². The van der Waals surface area contributed by atoms with Crippen LogP contribution in [0.25, 0.3) is 0 Å². The molecule has 1 aliphatic heterocycles. The van der Waals surface area contributed by atoms with Gasteiger partial charge in [0.15, 0.2) is 0 Å². The van der Waals surface area contributed by atoms with Crippen LogP contribution >= 0.6 is 11.8 Å². The predicted octanol–water partition coefficient (Wildman–Crippen LogP) is 2.20. The zero-order valence-electron chi connectivity index (χ0n) is 13.1. The normalized spacial score (nSPS) is 24.7. The molecule has 5 heteroatoms. The SMILES string of the molecule is C=CCSCCN1C(=O)C2(CCCC2)NC(=O)C1C(C)C. The fraction of sp³-hybridized carbons (Fsp3) is 0.750. The van der Waals surface area contributed by atoms with Gasteiger partial charge in [-0.2, -0.15) is 11.8 Å². The van der Waals surface area contributed by atoms with E-state index in [1.54, 1.807) is 11.8 Å². The summed E-state index contributed by atoms with van der Waals surface area (Å²) in [6.45, 7) is 8.37. The highest BCUT2D eigenvalue weighted by Crippen LogP contribution is 2.35. The molecule has 0 aromatic carbocycles. The second-order valence-electron chi connectivity index (χ2n) is 6.33. The topological polar surface area (TPSA) is 49.4 Å². The Kier molecular flexibility index (Phi) is 5.36. The van der Waals surface area contributed by atoms with Crippen LogP contribution < -0.4 is 5.32 Å². The van der Waals surface area contributed by atoms with Crippen molar-refractivity contribution < 1.29 is 9.59 Å². The number of thioether (sulfide) groups is 1. The lowest BCUT2D eigenvalue weighted by atomic mass is 9.87. The number of hydrogen-bond donors (Lipinski definition) is 1. The minimum atomic E-state index is -0.606. The van der Waals surface area contributed by atoms with Crippen LogP contribution in [0.15, 0.2) is 12.7 Å². The van der Waals surface area contributed by atoms with Crippen molar-refractivity contribution in [1.82, 2.24) is 10.2 Å². The van der Waals surface area contributed by atoms with Crippen LogP contribution in [0, 0.1) is 5.92 Å². The monoisotopic (exact) mass is 310 g/mol. The van der Waals surface area contributed by atoms with Gasteiger partial charge in [0.1, 0.15) is 11.6 Å². The van der Waals surface area contributed by atoms with Crippen molar-refractivity contribution >= 4 is 23.6 Å². The Bertz CT molecular complexity index is 417. The van der Waals surface area contributed by atoms with Gasteiger partial charge in [0.2, 0.25) is 11.8 Å². The lowest BCUT2D eigenvalue weighted by molar-refractivity contribution is -0.156. The second kappa shape index (κ2) is 6.86. The Morgan fingerprint density at radius 2 is 2.10 bits per heavy atom. The molecule has 1 saturated carbocycles. The molecule has 1 aliphatic carbocycles. The zero-order valence-corrected chi connectivity index (χ0v) is 13.9. The number of hydrogen-bond acceptors (Lipinski definition) is 3. The maximum absolute atomic E-state index is 13.0. The van der Waals surface area contributed by atoms with Crippen LogP contribution in [-0.4, -0.2) is 46.3 Å². The Hall–Kier alpha value is -0.970. The summed E-state index contributed by atoms with van der Waals surface area (Å²) in [6.07, 6.45) is 5.50. The summed E-state index contributed by atoms with van der Waals surface area (Å²) >= 11 is 1.75. The van der Waals surface area contributed by atoms with E-state index in [-0.39, 0.29) is 23.8 Å². The first-order valence-corrected chi connectivity index (χ1v) is 8.99. The molecule has 118 valence electrons. The molecule has 1 atom stereocenters. The van der Waals surface area contributed by atoms with Crippen molar-refractivity contribution in [2.45, 2.75) is 51.1 Å². The molecule has 1 unspecified atom stereocenters. The number of carbonyl (C=O) groups excluding carboxylic acids is 2. The van der Waals surface area contributed by atoms with Gasteiger partial charge in [-0.25, -0.2) is 0 Å². The molecule has 2 rings (SSSR count). The highest BCUT2D eigenvalue weighted by atomic mass is 32.2. The van der Waals surface area contributed by atoms with Gasteiger partial charge < -0.3 is 10.2 Å². The molecule has 0 aromatic heterocycles. The first-order valence-electron chi connectivity index (χ1n) is 7.83. The van der Waals surface area contributed by atoms with E-state index < -0.39 is 5.54 Å². The van der Waals surface area contributed by atoms with E-state index in [9.17, 15) is 9.59 Å². The summed E-state index contributed by atoms with van der Waals surface area (Å²) in [6, 6.07) is -0.326. The van der Waals surface area contributed by atoms with E-state index >= 15 is 0 Å². The first-order chi connectivity index (χ1) is 10.0. The van der Waals surface area contributed by atoms with Crippen molar-refractivity contribution in [2.24, 2.45) is 5.92 Å².